The molecule has 1 aliphatic carbocycles. The molecule has 0 unspecified atom stereocenters. The fourth-order valence-electron chi connectivity index (χ4n) is 0.856. The number of carbonyl (C=O) groups excluding carboxylic acids is 1. The lowest BCUT2D eigenvalue weighted by Gasteiger charge is -2.11. The number of rotatable bonds is 3. The van der Waals surface area contributed by atoms with Crippen molar-refractivity contribution in [2.45, 2.75) is 38.4 Å². The van der Waals surface area contributed by atoms with E-state index in [4.69, 9.17) is 4.74 Å². The van der Waals surface area contributed by atoms with E-state index >= 15 is 0 Å². The van der Waals surface area contributed by atoms with Gasteiger partial charge in [0.25, 0.3) is 0 Å². The molecule has 0 spiro atoms. The summed E-state index contributed by atoms with van der Waals surface area (Å²) in [6, 6.07) is 0. The van der Waals surface area contributed by atoms with Crippen molar-refractivity contribution in [2.75, 3.05) is 0 Å². The highest BCUT2D eigenvalue weighted by atomic mass is 16.5. The maximum absolute atomic E-state index is 10.3. The van der Waals surface area contributed by atoms with E-state index in [1.807, 2.05) is 13.8 Å². The van der Waals surface area contributed by atoms with Gasteiger partial charge in [0.05, 0.1) is 6.10 Å². The van der Waals surface area contributed by atoms with Gasteiger partial charge < -0.3 is 9.53 Å². The van der Waals surface area contributed by atoms with E-state index in [1.54, 1.807) is 0 Å². The molecule has 0 atom stereocenters. The monoisotopic (exact) mass is 128 g/mol. The maximum Gasteiger partial charge on any atom is 0.151 e. The summed E-state index contributed by atoms with van der Waals surface area (Å²) in [7, 11) is 0. The van der Waals surface area contributed by atoms with Gasteiger partial charge in [-0.15, -0.1) is 0 Å². The van der Waals surface area contributed by atoms with Crippen molar-refractivity contribution in [2.24, 2.45) is 0 Å². The van der Waals surface area contributed by atoms with Crippen LogP contribution in [0.1, 0.15) is 26.7 Å². The van der Waals surface area contributed by atoms with Crippen molar-refractivity contribution in [1.29, 1.82) is 0 Å². The molecular weight excluding hydrogens is 116 g/mol. The highest BCUT2D eigenvalue weighted by Crippen LogP contribution is 2.38. The normalized spacial score (nSPS) is 22.1. The van der Waals surface area contributed by atoms with Crippen molar-refractivity contribution in [3.63, 3.8) is 0 Å². The number of ether oxygens (including phenoxy) is 1. The van der Waals surface area contributed by atoms with Crippen molar-refractivity contribution < 1.29 is 9.53 Å². The molecule has 9 heavy (non-hydrogen) atoms. The van der Waals surface area contributed by atoms with Crippen molar-refractivity contribution in [3.8, 4) is 0 Å². The molecule has 0 amide bonds. The first-order chi connectivity index (χ1) is 4.18. The summed E-state index contributed by atoms with van der Waals surface area (Å²) in [5.41, 5.74) is -0.367. The van der Waals surface area contributed by atoms with E-state index in [9.17, 15) is 4.79 Å². The van der Waals surface area contributed by atoms with Gasteiger partial charge in [-0.25, -0.2) is 0 Å². The number of aldehydes is 1. The largest absolute Gasteiger partial charge is 0.365 e. The molecule has 1 rings (SSSR count). The summed E-state index contributed by atoms with van der Waals surface area (Å²) in [5.74, 6) is 0. The SMILES string of the molecule is CC(C)OC1(C=O)CC1. The third-order valence-corrected chi connectivity index (χ3v) is 1.43. The van der Waals surface area contributed by atoms with Gasteiger partial charge in [0, 0.05) is 0 Å². The first-order valence-corrected chi connectivity index (χ1v) is 3.33. The van der Waals surface area contributed by atoms with Crippen molar-refractivity contribution in [3.05, 3.63) is 0 Å². The van der Waals surface area contributed by atoms with Crippen LogP contribution in [0.5, 0.6) is 0 Å². The molecule has 52 valence electrons. The molecule has 0 aromatic carbocycles. The molecule has 0 saturated heterocycles. The first kappa shape index (κ1) is 6.75. The summed E-state index contributed by atoms with van der Waals surface area (Å²) in [4.78, 5) is 10.3. The fourth-order valence-corrected chi connectivity index (χ4v) is 0.856. The number of hydrogen-bond donors (Lipinski definition) is 0. The Morgan fingerprint density at radius 1 is 1.56 bits per heavy atom. The second-order valence-corrected chi connectivity index (χ2v) is 2.85. The lowest BCUT2D eigenvalue weighted by atomic mass is 10.3. The Morgan fingerprint density at radius 2 is 2.11 bits per heavy atom. The molecule has 1 aliphatic rings. The molecule has 2 nitrogen and oxygen atoms in total. The zero-order valence-corrected chi connectivity index (χ0v) is 5.89. The number of hydrogen-bond acceptors (Lipinski definition) is 2. The topological polar surface area (TPSA) is 26.3 Å². The summed E-state index contributed by atoms with van der Waals surface area (Å²) < 4.78 is 5.33. The fraction of sp³-hybridized carbons (Fsp3) is 0.857. The van der Waals surface area contributed by atoms with Crippen LogP contribution in [0.15, 0.2) is 0 Å². The predicted molar refractivity (Wildman–Crippen MR) is 34.2 cm³/mol. The minimum Gasteiger partial charge on any atom is -0.365 e. The third-order valence-electron chi connectivity index (χ3n) is 1.43. The van der Waals surface area contributed by atoms with Gasteiger partial charge in [0.1, 0.15) is 5.60 Å². The van der Waals surface area contributed by atoms with Crippen LogP contribution in [0.2, 0.25) is 0 Å². The smallest absolute Gasteiger partial charge is 0.151 e. The molecule has 0 aromatic heterocycles. The van der Waals surface area contributed by atoms with Crippen LogP contribution in [0.3, 0.4) is 0 Å². The molecule has 0 aliphatic heterocycles. The Balaban J connectivity index is 2.33. The Bertz CT molecular complexity index is 114. The lowest BCUT2D eigenvalue weighted by molar-refractivity contribution is -0.123. The standard InChI is InChI=1S/C7H12O2/c1-6(2)9-7(5-8)3-4-7/h5-6H,3-4H2,1-2H3. The molecule has 0 radical (unpaired) electrons. The van der Waals surface area contributed by atoms with Crippen molar-refractivity contribution in [1.82, 2.24) is 0 Å². The van der Waals surface area contributed by atoms with E-state index in [0.29, 0.717) is 0 Å². The van der Waals surface area contributed by atoms with E-state index in [0.717, 1.165) is 19.1 Å². The Morgan fingerprint density at radius 3 is 2.22 bits per heavy atom. The van der Waals surface area contributed by atoms with Gasteiger partial charge in [0.2, 0.25) is 0 Å². The molecule has 0 aromatic rings. The summed E-state index contributed by atoms with van der Waals surface area (Å²) in [6.07, 6.45) is 2.92. The van der Waals surface area contributed by atoms with E-state index in [-0.39, 0.29) is 11.7 Å². The Hall–Kier alpha value is -0.370. The van der Waals surface area contributed by atoms with Crippen LogP contribution in [0.4, 0.5) is 0 Å². The molecule has 2 heteroatoms. The van der Waals surface area contributed by atoms with Crippen LogP contribution < -0.4 is 0 Å². The molecule has 1 fully saturated rings. The summed E-state index contributed by atoms with van der Waals surface area (Å²) in [6.45, 7) is 3.90. The second-order valence-electron chi connectivity index (χ2n) is 2.85. The quantitative estimate of drug-likeness (QED) is 0.533. The van der Waals surface area contributed by atoms with E-state index < -0.39 is 0 Å². The van der Waals surface area contributed by atoms with Crippen molar-refractivity contribution >= 4 is 6.29 Å². The van der Waals surface area contributed by atoms with Gasteiger partial charge >= 0.3 is 0 Å². The minimum atomic E-state index is -0.367. The minimum absolute atomic E-state index is 0.178. The molecule has 0 bridgehead atoms. The molecular formula is C7H12O2. The summed E-state index contributed by atoms with van der Waals surface area (Å²) >= 11 is 0. The average molecular weight is 128 g/mol. The van der Waals surface area contributed by atoms with Gasteiger partial charge in [0.15, 0.2) is 6.29 Å². The van der Waals surface area contributed by atoms with Crippen LogP contribution in [0.25, 0.3) is 0 Å². The van der Waals surface area contributed by atoms with Gasteiger partial charge in [-0.3, -0.25) is 0 Å². The average Bonchev–Trinajstić information content (AvgIpc) is 2.48. The Labute approximate surface area is 55.2 Å². The number of carbonyl (C=O) groups is 1. The second kappa shape index (κ2) is 2.10. The molecule has 0 N–H and O–H groups in total. The van der Waals surface area contributed by atoms with Crippen LogP contribution in [-0.2, 0) is 9.53 Å². The molecule has 1 saturated carbocycles. The van der Waals surface area contributed by atoms with Crippen LogP contribution >= 0.6 is 0 Å². The predicted octanol–water partition coefficient (Wildman–Crippen LogP) is 1.14. The maximum atomic E-state index is 10.3. The van der Waals surface area contributed by atoms with Gasteiger partial charge in [-0.1, -0.05) is 0 Å². The van der Waals surface area contributed by atoms with E-state index in [1.165, 1.54) is 0 Å². The highest BCUT2D eigenvalue weighted by Gasteiger charge is 2.44. The van der Waals surface area contributed by atoms with Gasteiger partial charge in [-0.05, 0) is 26.7 Å². The van der Waals surface area contributed by atoms with Crippen LogP contribution in [0, 0.1) is 0 Å². The van der Waals surface area contributed by atoms with Crippen LogP contribution in [-0.4, -0.2) is 18.0 Å². The zero-order chi connectivity index (χ0) is 6.91. The highest BCUT2D eigenvalue weighted by molar-refractivity contribution is 5.66. The third kappa shape index (κ3) is 1.52. The lowest BCUT2D eigenvalue weighted by Crippen LogP contribution is -2.20. The summed E-state index contributed by atoms with van der Waals surface area (Å²) in [5, 5.41) is 0. The Kier molecular flexibility index (Phi) is 1.58. The first-order valence-electron chi connectivity index (χ1n) is 3.33. The van der Waals surface area contributed by atoms with Gasteiger partial charge in [-0.2, -0.15) is 0 Å². The van der Waals surface area contributed by atoms with E-state index in [2.05, 4.69) is 0 Å². The zero-order valence-electron chi connectivity index (χ0n) is 5.89. The molecule has 0 heterocycles.